The Hall–Kier alpha value is -3.15. The van der Waals surface area contributed by atoms with Gasteiger partial charge in [0.2, 0.25) is 5.82 Å². The van der Waals surface area contributed by atoms with Gasteiger partial charge in [-0.15, -0.1) is 5.10 Å². The highest BCUT2D eigenvalue weighted by atomic mass is 35.5. The summed E-state index contributed by atoms with van der Waals surface area (Å²) in [4.78, 5) is 17.3. The highest BCUT2D eigenvalue weighted by molar-refractivity contribution is 6.33. The molecule has 7 heteroatoms. The third kappa shape index (κ3) is 4.16. The Labute approximate surface area is 177 Å². The van der Waals surface area contributed by atoms with Crippen LogP contribution in [-0.4, -0.2) is 20.7 Å². The molecule has 3 aromatic carbocycles. The molecule has 5 nitrogen and oxygen atoms in total. The van der Waals surface area contributed by atoms with Gasteiger partial charge in [0, 0.05) is 10.6 Å². The standard InChI is InChI=1S/C22H16Cl2N4O/c1-14-6-12-17(13-7-14)28-21(15-8-10-16(23)11-9-15)26-20(27-28)22(29)25-19-5-3-2-4-18(19)24/h2-13H,1H3,(H,25,29). The summed E-state index contributed by atoms with van der Waals surface area (Å²) in [5, 5.41) is 8.27. The number of para-hydroxylation sites is 1. The van der Waals surface area contributed by atoms with Crippen molar-refractivity contribution < 1.29 is 4.79 Å². The molecule has 29 heavy (non-hydrogen) atoms. The van der Waals surface area contributed by atoms with Gasteiger partial charge in [-0.3, -0.25) is 4.79 Å². The van der Waals surface area contributed by atoms with Crippen LogP contribution in [0.25, 0.3) is 17.1 Å². The first-order chi connectivity index (χ1) is 14.0. The van der Waals surface area contributed by atoms with Crippen LogP contribution >= 0.6 is 23.2 Å². The number of carbonyl (C=O) groups excluding carboxylic acids is 1. The van der Waals surface area contributed by atoms with E-state index in [4.69, 9.17) is 23.2 Å². The second-order valence-electron chi connectivity index (χ2n) is 6.45. The van der Waals surface area contributed by atoms with Crippen LogP contribution in [0.1, 0.15) is 16.2 Å². The Kier molecular flexibility index (Phi) is 5.34. The zero-order valence-electron chi connectivity index (χ0n) is 15.4. The third-order valence-corrected chi connectivity index (χ3v) is 4.89. The lowest BCUT2D eigenvalue weighted by Crippen LogP contribution is -2.14. The maximum atomic E-state index is 12.8. The molecule has 144 valence electrons. The lowest BCUT2D eigenvalue weighted by atomic mass is 10.2. The molecule has 1 N–H and O–H groups in total. The minimum absolute atomic E-state index is 0.0374. The highest BCUT2D eigenvalue weighted by Gasteiger charge is 2.19. The molecular formula is C22H16Cl2N4O. The summed E-state index contributed by atoms with van der Waals surface area (Å²) < 4.78 is 1.64. The first-order valence-corrected chi connectivity index (χ1v) is 9.63. The summed E-state index contributed by atoms with van der Waals surface area (Å²) in [6, 6.07) is 22.0. The highest BCUT2D eigenvalue weighted by Crippen LogP contribution is 2.25. The van der Waals surface area contributed by atoms with Crippen molar-refractivity contribution in [3.05, 3.63) is 94.2 Å². The second kappa shape index (κ2) is 8.07. The molecule has 0 fully saturated rings. The number of rotatable bonds is 4. The predicted molar refractivity (Wildman–Crippen MR) is 116 cm³/mol. The van der Waals surface area contributed by atoms with E-state index < -0.39 is 5.91 Å². The van der Waals surface area contributed by atoms with Crippen molar-refractivity contribution in [2.24, 2.45) is 0 Å². The van der Waals surface area contributed by atoms with Crippen molar-refractivity contribution in [3.8, 4) is 17.1 Å². The summed E-state index contributed by atoms with van der Waals surface area (Å²) in [6.45, 7) is 2.01. The molecule has 0 saturated carbocycles. The number of nitrogens with zero attached hydrogens (tertiary/aromatic N) is 3. The maximum Gasteiger partial charge on any atom is 0.295 e. The van der Waals surface area contributed by atoms with Crippen molar-refractivity contribution in [2.75, 3.05) is 5.32 Å². The molecule has 0 aliphatic heterocycles. The smallest absolute Gasteiger partial charge is 0.295 e. The SMILES string of the molecule is Cc1ccc(-n2nc(C(=O)Nc3ccccc3Cl)nc2-c2ccc(Cl)cc2)cc1. The van der Waals surface area contributed by atoms with E-state index in [0.717, 1.165) is 16.8 Å². The number of benzene rings is 3. The van der Waals surface area contributed by atoms with E-state index in [-0.39, 0.29) is 5.82 Å². The van der Waals surface area contributed by atoms with Crippen molar-refractivity contribution in [1.82, 2.24) is 14.8 Å². The number of amides is 1. The van der Waals surface area contributed by atoms with Gasteiger partial charge < -0.3 is 5.32 Å². The van der Waals surface area contributed by atoms with Crippen LogP contribution in [0.2, 0.25) is 10.0 Å². The molecule has 0 radical (unpaired) electrons. The zero-order valence-corrected chi connectivity index (χ0v) is 16.9. The average molecular weight is 423 g/mol. The van der Waals surface area contributed by atoms with Crippen LogP contribution in [-0.2, 0) is 0 Å². The third-order valence-electron chi connectivity index (χ3n) is 4.31. The van der Waals surface area contributed by atoms with E-state index in [1.165, 1.54) is 0 Å². The number of carbonyl (C=O) groups is 1. The van der Waals surface area contributed by atoms with Gasteiger partial charge >= 0.3 is 0 Å². The van der Waals surface area contributed by atoms with Crippen LogP contribution in [0.5, 0.6) is 0 Å². The Morgan fingerprint density at radius 2 is 1.62 bits per heavy atom. The van der Waals surface area contributed by atoms with E-state index in [0.29, 0.717) is 21.6 Å². The lowest BCUT2D eigenvalue weighted by molar-refractivity contribution is 0.101. The van der Waals surface area contributed by atoms with Gasteiger partial charge in [0.15, 0.2) is 5.82 Å². The number of hydrogen-bond acceptors (Lipinski definition) is 3. The maximum absolute atomic E-state index is 12.8. The van der Waals surface area contributed by atoms with Gasteiger partial charge in [-0.2, -0.15) is 0 Å². The Bertz CT molecular complexity index is 1110. The molecular weight excluding hydrogens is 407 g/mol. The average Bonchev–Trinajstić information content (AvgIpc) is 3.16. The molecule has 0 unspecified atom stereocenters. The molecule has 0 atom stereocenters. The fraction of sp³-hybridized carbons (Fsp3) is 0.0455. The Balaban J connectivity index is 1.76. The van der Waals surface area contributed by atoms with E-state index >= 15 is 0 Å². The van der Waals surface area contributed by atoms with Gasteiger partial charge in [0.1, 0.15) is 0 Å². The molecule has 0 aliphatic rings. The zero-order chi connectivity index (χ0) is 20.4. The molecule has 1 aromatic heterocycles. The Morgan fingerprint density at radius 1 is 0.931 bits per heavy atom. The number of hydrogen-bond donors (Lipinski definition) is 1. The van der Waals surface area contributed by atoms with E-state index in [1.54, 1.807) is 41.1 Å². The minimum Gasteiger partial charge on any atom is -0.318 e. The predicted octanol–water partition coefficient (Wildman–Crippen LogP) is 5.80. The van der Waals surface area contributed by atoms with Gasteiger partial charge in [-0.05, 0) is 55.5 Å². The lowest BCUT2D eigenvalue weighted by Gasteiger charge is -2.06. The Morgan fingerprint density at radius 3 is 2.31 bits per heavy atom. The van der Waals surface area contributed by atoms with Gasteiger partial charge in [0.25, 0.3) is 5.91 Å². The molecule has 4 rings (SSSR count). The van der Waals surface area contributed by atoms with Crippen LogP contribution < -0.4 is 5.32 Å². The summed E-state index contributed by atoms with van der Waals surface area (Å²) in [5.74, 6) is 0.129. The summed E-state index contributed by atoms with van der Waals surface area (Å²) in [6.07, 6.45) is 0. The van der Waals surface area contributed by atoms with Gasteiger partial charge in [0.05, 0.1) is 16.4 Å². The van der Waals surface area contributed by atoms with Crippen molar-refractivity contribution in [2.45, 2.75) is 6.92 Å². The summed E-state index contributed by atoms with van der Waals surface area (Å²) in [5.41, 5.74) is 3.21. The molecule has 1 amide bonds. The number of aryl methyl sites for hydroxylation is 1. The van der Waals surface area contributed by atoms with Gasteiger partial charge in [-0.1, -0.05) is 53.0 Å². The van der Waals surface area contributed by atoms with E-state index in [2.05, 4.69) is 15.4 Å². The molecule has 0 aliphatic carbocycles. The first kappa shape index (κ1) is 19.2. The second-order valence-corrected chi connectivity index (χ2v) is 7.29. The van der Waals surface area contributed by atoms with Crippen molar-refractivity contribution in [3.63, 3.8) is 0 Å². The summed E-state index contributed by atoms with van der Waals surface area (Å²) in [7, 11) is 0. The van der Waals surface area contributed by atoms with Crippen LogP contribution in [0.15, 0.2) is 72.8 Å². The first-order valence-electron chi connectivity index (χ1n) is 8.87. The number of aromatic nitrogens is 3. The molecule has 0 spiro atoms. The normalized spacial score (nSPS) is 10.7. The molecule has 0 bridgehead atoms. The summed E-state index contributed by atoms with van der Waals surface area (Å²) >= 11 is 12.2. The fourth-order valence-electron chi connectivity index (χ4n) is 2.80. The molecule has 0 saturated heterocycles. The van der Waals surface area contributed by atoms with Crippen LogP contribution in [0.3, 0.4) is 0 Å². The largest absolute Gasteiger partial charge is 0.318 e. The quantitative estimate of drug-likeness (QED) is 0.451. The van der Waals surface area contributed by atoms with E-state index in [9.17, 15) is 4.79 Å². The number of nitrogens with one attached hydrogen (secondary N) is 1. The number of anilines is 1. The molecule has 1 heterocycles. The van der Waals surface area contributed by atoms with Crippen molar-refractivity contribution >= 4 is 34.8 Å². The minimum atomic E-state index is -0.445. The topological polar surface area (TPSA) is 59.8 Å². The van der Waals surface area contributed by atoms with Crippen molar-refractivity contribution in [1.29, 1.82) is 0 Å². The van der Waals surface area contributed by atoms with Crippen LogP contribution in [0, 0.1) is 6.92 Å². The monoisotopic (exact) mass is 422 g/mol. The fourth-order valence-corrected chi connectivity index (χ4v) is 3.11. The van der Waals surface area contributed by atoms with Gasteiger partial charge in [-0.25, -0.2) is 9.67 Å². The number of halogens is 2. The van der Waals surface area contributed by atoms with Crippen LogP contribution in [0.4, 0.5) is 5.69 Å². The van der Waals surface area contributed by atoms with E-state index in [1.807, 2.05) is 43.3 Å². The molecule has 4 aromatic rings.